The monoisotopic (exact) mass is 267 g/mol. The SMILES string of the molecule is N#CC(C#N)=NNc1ccccc1C(=O)N1CCCC1. The van der Waals surface area contributed by atoms with Gasteiger partial charge in [0.1, 0.15) is 12.1 Å². The summed E-state index contributed by atoms with van der Waals surface area (Å²) < 4.78 is 0. The molecule has 20 heavy (non-hydrogen) atoms. The normalized spacial score (nSPS) is 13.2. The molecule has 1 aliphatic rings. The molecule has 1 aromatic carbocycles. The van der Waals surface area contributed by atoms with Crippen LogP contribution in [-0.4, -0.2) is 29.6 Å². The summed E-state index contributed by atoms with van der Waals surface area (Å²) in [5.74, 6) is -0.0590. The van der Waals surface area contributed by atoms with E-state index in [9.17, 15) is 4.79 Å². The summed E-state index contributed by atoms with van der Waals surface area (Å²) in [7, 11) is 0. The topological polar surface area (TPSA) is 92.3 Å². The Morgan fingerprint density at radius 3 is 2.50 bits per heavy atom. The minimum atomic E-state index is -0.284. The van der Waals surface area contributed by atoms with Crippen LogP contribution in [0.3, 0.4) is 0 Å². The number of anilines is 1. The molecule has 1 N–H and O–H groups in total. The molecule has 1 aliphatic heterocycles. The lowest BCUT2D eigenvalue weighted by molar-refractivity contribution is 0.0793. The number of hydrazone groups is 1. The van der Waals surface area contributed by atoms with E-state index in [0.717, 1.165) is 25.9 Å². The van der Waals surface area contributed by atoms with Crippen LogP contribution < -0.4 is 5.43 Å². The van der Waals surface area contributed by atoms with E-state index in [1.165, 1.54) is 0 Å². The van der Waals surface area contributed by atoms with Gasteiger partial charge in [-0.3, -0.25) is 10.2 Å². The van der Waals surface area contributed by atoms with E-state index < -0.39 is 0 Å². The molecule has 1 heterocycles. The van der Waals surface area contributed by atoms with Gasteiger partial charge in [0.05, 0.1) is 11.3 Å². The maximum absolute atomic E-state index is 12.4. The predicted molar refractivity (Wildman–Crippen MR) is 73.9 cm³/mol. The quantitative estimate of drug-likeness (QED) is 0.666. The van der Waals surface area contributed by atoms with Gasteiger partial charge >= 0.3 is 0 Å². The summed E-state index contributed by atoms with van der Waals surface area (Å²) in [6.07, 6.45) is 2.04. The molecule has 0 saturated carbocycles. The molecule has 1 saturated heterocycles. The fraction of sp³-hybridized carbons (Fsp3) is 0.286. The van der Waals surface area contributed by atoms with E-state index in [-0.39, 0.29) is 11.6 Å². The Hall–Kier alpha value is -2.86. The molecule has 0 aromatic heterocycles. The Bertz CT molecular complexity index is 601. The third kappa shape index (κ3) is 2.93. The van der Waals surface area contributed by atoms with Gasteiger partial charge in [-0.2, -0.15) is 15.6 Å². The second kappa shape index (κ2) is 6.35. The highest BCUT2D eigenvalue weighted by molar-refractivity contribution is 6.10. The maximum atomic E-state index is 12.4. The second-order valence-electron chi connectivity index (χ2n) is 4.34. The second-order valence-corrected chi connectivity index (χ2v) is 4.34. The zero-order valence-corrected chi connectivity index (χ0v) is 10.8. The van der Waals surface area contributed by atoms with Gasteiger partial charge in [0, 0.05) is 13.1 Å². The van der Waals surface area contributed by atoms with Gasteiger partial charge < -0.3 is 4.90 Å². The van der Waals surface area contributed by atoms with Gasteiger partial charge in [0.25, 0.3) is 5.91 Å². The first-order chi connectivity index (χ1) is 9.76. The lowest BCUT2D eigenvalue weighted by Crippen LogP contribution is -2.28. The molecule has 0 unspecified atom stereocenters. The van der Waals surface area contributed by atoms with Gasteiger partial charge in [-0.15, -0.1) is 0 Å². The molecule has 0 radical (unpaired) electrons. The van der Waals surface area contributed by atoms with Crippen LogP contribution in [0.5, 0.6) is 0 Å². The van der Waals surface area contributed by atoms with E-state index in [1.807, 2.05) is 0 Å². The summed E-state index contributed by atoms with van der Waals surface area (Å²) in [5, 5.41) is 20.9. The molecule has 6 heteroatoms. The minimum absolute atomic E-state index is 0.0590. The smallest absolute Gasteiger partial charge is 0.256 e. The van der Waals surface area contributed by atoms with Crippen molar-refractivity contribution in [1.82, 2.24) is 4.90 Å². The fourth-order valence-electron chi connectivity index (χ4n) is 2.05. The molecule has 1 amide bonds. The highest BCUT2D eigenvalue weighted by Crippen LogP contribution is 2.20. The number of likely N-dealkylation sites (tertiary alicyclic amines) is 1. The minimum Gasteiger partial charge on any atom is -0.339 e. The lowest BCUT2D eigenvalue weighted by atomic mass is 10.1. The van der Waals surface area contributed by atoms with Crippen LogP contribution in [0.25, 0.3) is 0 Å². The number of hydrogen-bond acceptors (Lipinski definition) is 5. The van der Waals surface area contributed by atoms with Crippen molar-refractivity contribution in [3.63, 3.8) is 0 Å². The van der Waals surface area contributed by atoms with Crippen molar-refractivity contribution in [3.05, 3.63) is 29.8 Å². The number of rotatable bonds is 3. The van der Waals surface area contributed by atoms with Crippen LogP contribution in [0.1, 0.15) is 23.2 Å². The molecule has 0 atom stereocenters. The van der Waals surface area contributed by atoms with Crippen LogP contribution in [0.15, 0.2) is 29.4 Å². The molecular formula is C14H13N5O. The average Bonchev–Trinajstić information content (AvgIpc) is 3.02. The third-order valence-electron chi connectivity index (χ3n) is 3.05. The van der Waals surface area contributed by atoms with Crippen LogP contribution in [0, 0.1) is 22.7 Å². The van der Waals surface area contributed by atoms with Gasteiger partial charge in [0.15, 0.2) is 0 Å². The number of nitriles is 2. The van der Waals surface area contributed by atoms with Crippen LogP contribution in [0.4, 0.5) is 5.69 Å². The summed E-state index contributed by atoms with van der Waals surface area (Å²) in [6, 6.07) is 10.2. The van der Waals surface area contributed by atoms with Gasteiger partial charge in [-0.1, -0.05) is 12.1 Å². The zero-order chi connectivity index (χ0) is 14.4. The van der Waals surface area contributed by atoms with Crippen molar-refractivity contribution >= 4 is 17.3 Å². The first kappa shape index (κ1) is 13.6. The third-order valence-corrected chi connectivity index (χ3v) is 3.05. The van der Waals surface area contributed by atoms with Crippen LogP contribution in [-0.2, 0) is 0 Å². The number of para-hydroxylation sites is 1. The van der Waals surface area contributed by atoms with Crippen molar-refractivity contribution in [2.24, 2.45) is 5.10 Å². The fourth-order valence-corrected chi connectivity index (χ4v) is 2.05. The number of amides is 1. The molecule has 100 valence electrons. The summed E-state index contributed by atoms with van der Waals surface area (Å²) in [4.78, 5) is 14.2. The molecule has 2 rings (SSSR count). The van der Waals surface area contributed by atoms with E-state index in [0.29, 0.717) is 11.3 Å². The maximum Gasteiger partial charge on any atom is 0.256 e. The summed E-state index contributed by atoms with van der Waals surface area (Å²) >= 11 is 0. The Morgan fingerprint density at radius 1 is 1.20 bits per heavy atom. The first-order valence-corrected chi connectivity index (χ1v) is 6.28. The Labute approximate surface area is 116 Å². The molecule has 1 aromatic rings. The zero-order valence-electron chi connectivity index (χ0n) is 10.8. The van der Waals surface area contributed by atoms with Crippen LogP contribution in [0.2, 0.25) is 0 Å². The molecule has 0 spiro atoms. The molecule has 1 fully saturated rings. The number of hydrogen-bond donors (Lipinski definition) is 1. The Balaban J connectivity index is 2.22. The summed E-state index contributed by atoms with van der Waals surface area (Å²) in [5.41, 5.74) is 3.32. The summed E-state index contributed by atoms with van der Waals surface area (Å²) in [6.45, 7) is 1.52. The predicted octanol–water partition coefficient (Wildman–Crippen LogP) is 1.74. The van der Waals surface area contributed by atoms with Crippen molar-refractivity contribution in [1.29, 1.82) is 10.5 Å². The highest BCUT2D eigenvalue weighted by Gasteiger charge is 2.21. The Morgan fingerprint density at radius 2 is 1.85 bits per heavy atom. The largest absolute Gasteiger partial charge is 0.339 e. The molecule has 0 aliphatic carbocycles. The molecular weight excluding hydrogens is 254 g/mol. The van der Waals surface area contributed by atoms with Crippen molar-refractivity contribution in [3.8, 4) is 12.1 Å². The van der Waals surface area contributed by atoms with E-state index in [1.54, 1.807) is 41.3 Å². The number of carbonyl (C=O) groups excluding carboxylic acids is 1. The lowest BCUT2D eigenvalue weighted by Gasteiger charge is -2.17. The average molecular weight is 267 g/mol. The van der Waals surface area contributed by atoms with E-state index >= 15 is 0 Å². The van der Waals surface area contributed by atoms with E-state index in [4.69, 9.17) is 10.5 Å². The van der Waals surface area contributed by atoms with Crippen molar-refractivity contribution in [2.75, 3.05) is 18.5 Å². The van der Waals surface area contributed by atoms with Gasteiger partial charge in [-0.05, 0) is 25.0 Å². The van der Waals surface area contributed by atoms with Crippen molar-refractivity contribution in [2.45, 2.75) is 12.8 Å². The first-order valence-electron chi connectivity index (χ1n) is 6.28. The van der Waals surface area contributed by atoms with Gasteiger partial charge in [0.2, 0.25) is 5.71 Å². The number of nitrogens with zero attached hydrogens (tertiary/aromatic N) is 4. The molecule has 6 nitrogen and oxygen atoms in total. The number of carbonyl (C=O) groups is 1. The standard InChI is InChI=1S/C14H13N5O/c15-9-11(10-16)17-18-13-6-2-1-5-12(13)14(20)19-7-3-4-8-19/h1-2,5-6,18H,3-4,7-8H2. The van der Waals surface area contributed by atoms with Gasteiger partial charge in [-0.25, -0.2) is 0 Å². The number of nitrogens with one attached hydrogen (secondary N) is 1. The van der Waals surface area contributed by atoms with Crippen LogP contribution >= 0.6 is 0 Å². The Kier molecular flexibility index (Phi) is 4.31. The van der Waals surface area contributed by atoms with Crippen molar-refractivity contribution < 1.29 is 4.79 Å². The highest BCUT2D eigenvalue weighted by atomic mass is 16.2. The number of benzene rings is 1. The molecule has 0 bridgehead atoms. The van der Waals surface area contributed by atoms with E-state index in [2.05, 4.69) is 10.5 Å².